The lowest BCUT2D eigenvalue weighted by Gasteiger charge is -2.17. The van der Waals surface area contributed by atoms with Gasteiger partial charge in [0.05, 0.1) is 13.1 Å². The monoisotopic (exact) mass is 160 g/mol. The van der Waals surface area contributed by atoms with Gasteiger partial charge in [0.2, 0.25) is 0 Å². The average molecular weight is 160 g/mol. The smallest absolute Gasteiger partial charge is 0.0765 e. The van der Waals surface area contributed by atoms with E-state index in [1.807, 2.05) is 13.8 Å². The van der Waals surface area contributed by atoms with E-state index in [1.54, 1.807) is 0 Å². The van der Waals surface area contributed by atoms with E-state index >= 15 is 0 Å². The molecule has 0 spiro atoms. The van der Waals surface area contributed by atoms with Crippen molar-refractivity contribution in [2.45, 2.75) is 26.7 Å². The first-order valence-corrected chi connectivity index (χ1v) is 3.81. The van der Waals surface area contributed by atoms with Gasteiger partial charge in [-0.15, -0.1) is 5.01 Å². The minimum Gasteiger partial charge on any atom is -0.737 e. The van der Waals surface area contributed by atoms with Crippen LogP contribution < -0.4 is 0 Å². The Hall–Kier alpha value is -1.00. The van der Waals surface area contributed by atoms with Gasteiger partial charge < -0.3 is 10.4 Å². The van der Waals surface area contributed by atoms with E-state index in [2.05, 4.69) is 5.28 Å². The Balaban J connectivity index is 3.87. The fourth-order valence-corrected chi connectivity index (χ4v) is 0.851. The first-order chi connectivity index (χ1) is 5.26. The van der Waals surface area contributed by atoms with Crippen LogP contribution in [0.15, 0.2) is 5.28 Å². The molecule has 11 heavy (non-hydrogen) atoms. The van der Waals surface area contributed by atoms with Gasteiger partial charge in [-0.2, -0.15) is 0 Å². The second kappa shape index (κ2) is 5.76. The van der Waals surface area contributed by atoms with Crippen molar-refractivity contribution >= 4 is 0 Å². The molecule has 0 aliphatic heterocycles. The molecule has 0 saturated heterocycles. The summed E-state index contributed by atoms with van der Waals surface area (Å²) in [4.78, 5) is 0.118. The fourth-order valence-electron chi connectivity index (χ4n) is 0.851. The van der Waals surface area contributed by atoms with Crippen LogP contribution in [-0.4, -0.2) is 23.1 Å². The van der Waals surface area contributed by atoms with E-state index in [9.17, 15) is 10.4 Å². The van der Waals surface area contributed by atoms with Crippen LogP contribution in [0.2, 0.25) is 0 Å². The Morgan fingerprint density at radius 3 is 2.00 bits per heavy atom. The highest BCUT2D eigenvalue weighted by atomic mass is 16.6. The van der Waals surface area contributed by atoms with Gasteiger partial charge >= 0.3 is 0 Å². The first-order valence-electron chi connectivity index (χ1n) is 3.81. The molecule has 0 aliphatic rings. The van der Waals surface area contributed by atoms with Gasteiger partial charge in [-0.05, 0) is 18.1 Å². The standard InChI is InChI=1S/C6H15N3O2/c1-3-5-8(6-4-2)9(11)7-10/h10H,3-6H2,1-2H3/p-1/b9-7-. The van der Waals surface area contributed by atoms with Gasteiger partial charge in [0.15, 0.2) is 0 Å². The number of hydrogen-bond acceptors (Lipinski definition) is 3. The highest BCUT2D eigenvalue weighted by molar-refractivity contribution is 4.40. The summed E-state index contributed by atoms with van der Waals surface area (Å²) in [7, 11) is 0. The van der Waals surface area contributed by atoms with Gasteiger partial charge in [0.25, 0.3) is 0 Å². The molecule has 5 heteroatoms. The van der Waals surface area contributed by atoms with Crippen molar-refractivity contribution in [2.24, 2.45) is 5.28 Å². The van der Waals surface area contributed by atoms with Gasteiger partial charge in [-0.3, -0.25) is 0 Å². The summed E-state index contributed by atoms with van der Waals surface area (Å²) in [6.07, 6.45) is 1.68. The molecule has 0 heterocycles. The molecule has 0 amide bonds. The highest BCUT2D eigenvalue weighted by Crippen LogP contribution is 1.94. The summed E-state index contributed by atoms with van der Waals surface area (Å²) >= 11 is 0. The summed E-state index contributed by atoms with van der Waals surface area (Å²) in [5.41, 5.74) is 0. The molecular weight excluding hydrogens is 146 g/mol. The van der Waals surface area contributed by atoms with Gasteiger partial charge in [-0.1, -0.05) is 13.8 Å². The number of hydrazine groups is 1. The topological polar surface area (TPSA) is 64.7 Å². The zero-order valence-corrected chi connectivity index (χ0v) is 6.99. The molecule has 0 atom stereocenters. The lowest BCUT2D eigenvalue weighted by atomic mass is 10.4. The van der Waals surface area contributed by atoms with E-state index in [0.29, 0.717) is 13.1 Å². The summed E-state index contributed by atoms with van der Waals surface area (Å²) in [6, 6.07) is 0. The average Bonchev–Trinajstić information content (AvgIpc) is 2.03. The van der Waals surface area contributed by atoms with Crippen molar-refractivity contribution < 1.29 is 4.97 Å². The number of hydrogen-bond donors (Lipinski definition) is 0. The summed E-state index contributed by atoms with van der Waals surface area (Å²) in [5.74, 6) is 0. The van der Waals surface area contributed by atoms with E-state index < -0.39 is 0 Å². The maximum atomic E-state index is 10.7. The van der Waals surface area contributed by atoms with Crippen molar-refractivity contribution in [1.82, 2.24) is 5.01 Å². The Morgan fingerprint density at radius 1 is 1.27 bits per heavy atom. The largest absolute Gasteiger partial charge is 0.737 e. The van der Waals surface area contributed by atoms with Crippen LogP contribution in [0.5, 0.6) is 0 Å². The van der Waals surface area contributed by atoms with E-state index in [1.165, 1.54) is 5.01 Å². The Morgan fingerprint density at radius 2 is 1.73 bits per heavy atom. The Bertz CT molecular complexity index is 121. The second-order valence-electron chi connectivity index (χ2n) is 2.29. The molecule has 5 nitrogen and oxygen atoms in total. The molecule has 0 radical (unpaired) electrons. The maximum absolute atomic E-state index is 10.7. The number of nitrogens with zero attached hydrogens (tertiary/aromatic N) is 3. The zero-order chi connectivity index (χ0) is 8.69. The summed E-state index contributed by atoms with van der Waals surface area (Å²) < 4.78 is 0. The van der Waals surface area contributed by atoms with E-state index in [0.717, 1.165) is 12.8 Å². The highest BCUT2D eigenvalue weighted by Gasteiger charge is 2.06. The molecule has 0 N–H and O–H groups in total. The van der Waals surface area contributed by atoms with Crippen LogP contribution in [-0.2, 0) is 0 Å². The minimum absolute atomic E-state index is 0.118. The molecule has 0 aromatic heterocycles. The third-order valence-corrected chi connectivity index (χ3v) is 1.28. The predicted molar refractivity (Wildman–Crippen MR) is 41.6 cm³/mol. The lowest BCUT2D eigenvalue weighted by Crippen LogP contribution is -2.31. The van der Waals surface area contributed by atoms with Crippen LogP contribution in [0.1, 0.15) is 26.7 Å². The number of rotatable bonds is 5. The summed E-state index contributed by atoms with van der Waals surface area (Å²) in [6.45, 7) is 5.06. The predicted octanol–water partition coefficient (Wildman–Crippen LogP) is 1.48. The quantitative estimate of drug-likeness (QED) is 0.347. The molecule has 0 fully saturated rings. The van der Waals surface area contributed by atoms with E-state index in [-0.39, 0.29) is 4.97 Å². The first kappa shape index (κ1) is 10.0. The van der Waals surface area contributed by atoms with Crippen molar-refractivity contribution in [3.8, 4) is 0 Å². The molecule has 0 aliphatic carbocycles. The maximum Gasteiger partial charge on any atom is 0.0765 e. The second-order valence-corrected chi connectivity index (χ2v) is 2.29. The Labute approximate surface area is 66.4 Å². The van der Waals surface area contributed by atoms with E-state index in [4.69, 9.17) is 0 Å². The van der Waals surface area contributed by atoms with Gasteiger partial charge in [-0.25, -0.2) is 0 Å². The van der Waals surface area contributed by atoms with Crippen LogP contribution >= 0.6 is 0 Å². The normalized spacial score (nSPS) is 11.6. The Kier molecular flexibility index (Phi) is 5.24. The van der Waals surface area contributed by atoms with Gasteiger partial charge in [0, 0.05) is 4.97 Å². The molecule has 0 bridgehead atoms. The van der Waals surface area contributed by atoms with Gasteiger partial charge in [0.1, 0.15) is 0 Å². The molecule has 0 unspecified atom stereocenters. The molecule has 0 aromatic rings. The summed E-state index contributed by atoms with van der Waals surface area (Å²) in [5, 5.41) is 24.1. The fraction of sp³-hybridized carbons (Fsp3) is 1.00. The third-order valence-electron chi connectivity index (χ3n) is 1.28. The van der Waals surface area contributed by atoms with Crippen molar-refractivity contribution in [1.29, 1.82) is 0 Å². The molecule has 0 saturated carbocycles. The SMILES string of the molecule is CCCN(CCC)/[N+]([O-])=N/[O-]. The van der Waals surface area contributed by atoms with Crippen LogP contribution in [0.25, 0.3) is 0 Å². The van der Waals surface area contributed by atoms with Crippen molar-refractivity contribution in [3.63, 3.8) is 0 Å². The molecule has 66 valence electrons. The van der Waals surface area contributed by atoms with Crippen molar-refractivity contribution in [2.75, 3.05) is 13.1 Å². The van der Waals surface area contributed by atoms with Crippen LogP contribution in [0.3, 0.4) is 0 Å². The third kappa shape index (κ3) is 3.64. The minimum atomic E-state index is 0.118. The van der Waals surface area contributed by atoms with Crippen molar-refractivity contribution in [3.05, 3.63) is 10.4 Å². The molecule has 0 rings (SSSR count). The van der Waals surface area contributed by atoms with Crippen LogP contribution in [0, 0.1) is 10.4 Å². The lowest BCUT2D eigenvalue weighted by molar-refractivity contribution is -0.690. The molecule has 0 aromatic carbocycles. The zero-order valence-electron chi connectivity index (χ0n) is 6.99. The van der Waals surface area contributed by atoms with Crippen LogP contribution in [0.4, 0.5) is 0 Å². The molecular formula is C6H14N3O2-.